The summed E-state index contributed by atoms with van der Waals surface area (Å²) in [4.78, 5) is 5.29. The summed E-state index contributed by atoms with van der Waals surface area (Å²) in [5.74, 6) is 1.60. The topological polar surface area (TPSA) is 30.5 Å². The summed E-state index contributed by atoms with van der Waals surface area (Å²) in [5.41, 5.74) is 3.63. The predicted molar refractivity (Wildman–Crippen MR) is 73.9 cm³/mol. The Balaban J connectivity index is 1.73. The highest BCUT2D eigenvalue weighted by Gasteiger charge is 2.16. The summed E-state index contributed by atoms with van der Waals surface area (Å²) >= 11 is 5.80. The van der Waals surface area contributed by atoms with Crippen molar-refractivity contribution in [3.8, 4) is 11.5 Å². The molecule has 1 aliphatic heterocycles. The van der Waals surface area contributed by atoms with Crippen LogP contribution in [0.2, 0.25) is 0 Å². The molecule has 0 saturated carbocycles. The molecule has 2 aromatic carbocycles. The molecule has 0 radical (unpaired) electrons. The first-order chi connectivity index (χ1) is 9.31. The molecule has 96 valence electrons. The fraction of sp³-hybridized carbons (Fsp3) is 0.0667. The van der Waals surface area contributed by atoms with Gasteiger partial charge < -0.3 is 4.74 Å². The zero-order chi connectivity index (χ0) is 13.1. The maximum atomic E-state index is 5.80. The first-order valence-corrected chi connectivity index (χ1v) is 6.31. The van der Waals surface area contributed by atoms with Gasteiger partial charge in [0, 0.05) is 0 Å². The monoisotopic (exact) mass is 273 g/mol. The molecular formula is C15H12ClNO2. The van der Waals surface area contributed by atoms with Crippen LogP contribution in [0.4, 0.5) is 0 Å². The van der Waals surface area contributed by atoms with Crippen molar-refractivity contribution in [2.24, 2.45) is 0 Å². The number of hydrogen-bond donors (Lipinski definition) is 1. The fourth-order valence-corrected chi connectivity index (χ4v) is 1.99. The Morgan fingerprint density at radius 1 is 0.947 bits per heavy atom. The van der Waals surface area contributed by atoms with Crippen LogP contribution in [0.5, 0.6) is 11.5 Å². The molecule has 0 spiro atoms. The Kier molecular flexibility index (Phi) is 3.40. The quantitative estimate of drug-likeness (QED) is 0.853. The van der Waals surface area contributed by atoms with Crippen molar-refractivity contribution < 1.29 is 9.57 Å². The van der Waals surface area contributed by atoms with Crippen LogP contribution in [-0.4, -0.2) is 0 Å². The minimum atomic E-state index is -0.154. The Morgan fingerprint density at radius 3 is 2.26 bits per heavy atom. The molecule has 1 N–H and O–H groups in total. The minimum Gasteiger partial charge on any atom is -0.457 e. The van der Waals surface area contributed by atoms with Crippen molar-refractivity contribution in [3.05, 3.63) is 71.4 Å². The molecule has 4 heteroatoms. The number of hydrogen-bond acceptors (Lipinski definition) is 3. The van der Waals surface area contributed by atoms with Gasteiger partial charge in [0.05, 0.1) is 0 Å². The summed E-state index contributed by atoms with van der Waals surface area (Å²) in [5, 5.41) is 0.509. The van der Waals surface area contributed by atoms with E-state index in [1.54, 1.807) is 0 Å². The van der Waals surface area contributed by atoms with E-state index in [9.17, 15) is 0 Å². The maximum Gasteiger partial charge on any atom is 0.132 e. The summed E-state index contributed by atoms with van der Waals surface area (Å²) in [7, 11) is 0. The van der Waals surface area contributed by atoms with Gasteiger partial charge in [0.2, 0.25) is 0 Å². The lowest BCUT2D eigenvalue weighted by Gasteiger charge is -2.09. The first-order valence-electron chi connectivity index (χ1n) is 5.93. The second-order valence-electron chi connectivity index (χ2n) is 4.14. The lowest BCUT2D eigenvalue weighted by atomic mass is 10.1. The van der Waals surface area contributed by atoms with Crippen molar-refractivity contribution in [1.29, 1.82) is 0 Å². The first kappa shape index (κ1) is 12.1. The fourth-order valence-electron chi connectivity index (χ4n) is 1.84. The third-order valence-corrected chi connectivity index (χ3v) is 2.97. The zero-order valence-corrected chi connectivity index (χ0v) is 10.8. The number of hydroxylamine groups is 1. The second-order valence-corrected chi connectivity index (χ2v) is 4.55. The van der Waals surface area contributed by atoms with Crippen LogP contribution in [0, 0.1) is 0 Å². The molecule has 1 unspecified atom stereocenters. The smallest absolute Gasteiger partial charge is 0.132 e. The van der Waals surface area contributed by atoms with Gasteiger partial charge in [0.25, 0.3) is 0 Å². The molecule has 2 aromatic rings. The molecule has 3 rings (SSSR count). The van der Waals surface area contributed by atoms with Gasteiger partial charge >= 0.3 is 0 Å². The van der Waals surface area contributed by atoms with Crippen LogP contribution >= 0.6 is 11.6 Å². The average molecular weight is 274 g/mol. The van der Waals surface area contributed by atoms with Crippen LogP contribution in [-0.2, 0) is 4.84 Å². The van der Waals surface area contributed by atoms with Gasteiger partial charge in [-0.05, 0) is 35.9 Å². The number of nitrogens with one attached hydrogen (secondary N) is 1. The molecule has 0 aromatic heterocycles. The number of rotatable bonds is 3. The van der Waals surface area contributed by atoms with Gasteiger partial charge in [-0.25, -0.2) is 0 Å². The van der Waals surface area contributed by atoms with Gasteiger partial charge in [0.15, 0.2) is 0 Å². The van der Waals surface area contributed by atoms with Gasteiger partial charge in [0.1, 0.15) is 22.8 Å². The number of ether oxygens (including phenoxy) is 1. The molecule has 3 nitrogen and oxygen atoms in total. The third kappa shape index (κ3) is 2.89. The zero-order valence-electron chi connectivity index (χ0n) is 10.0. The average Bonchev–Trinajstić information content (AvgIpc) is 2.87. The summed E-state index contributed by atoms with van der Waals surface area (Å²) in [6, 6.07) is 17.4. The number of benzene rings is 2. The highest BCUT2D eigenvalue weighted by molar-refractivity contribution is 6.29. The van der Waals surface area contributed by atoms with Crippen LogP contribution in [0.3, 0.4) is 0 Å². The molecule has 0 fully saturated rings. The van der Waals surface area contributed by atoms with E-state index in [0.29, 0.717) is 5.16 Å². The van der Waals surface area contributed by atoms with E-state index < -0.39 is 0 Å². The highest BCUT2D eigenvalue weighted by atomic mass is 35.5. The molecular weight excluding hydrogens is 262 g/mol. The van der Waals surface area contributed by atoms with Crippen LogP contribution in [0.25, 0.3) is 0 Å². The second kappa shape index (κ2) is 5.34. The molecule has 0 aliphatic carbocycles. The van der Waals surface area contributed by atoms with E-state index in [-0.39, 0.29) is 6.10 Å². The molecule has 1 atom stereocenters. The molecule has 0 saturated heterocycles. The van der Waals surface area contributed by atoms with Crippen molar-refractivity contribution in [2.75, 3.05) is 0 Å². The molecule has 1 aliphatic rings. The molecule has 19 heavy (non-hydrogen) atoms. The summed E-state index contributed by atoms with van der Waals surface area (Å²) < 4.78 is 5.72. The van der Waals surface area contributed by atoms with Gasteiger partial charge in [-0.1, -0.05) is 41.9 Å². The third-order valence-electron chi connectivity index (χ3n) is 2.77. The Morgan fingerprint density at radius 2 is 1.63 bits per heavy atom. The largest absolute Gasteiger partial charge is 0.457 e. The van der Waals surface area contributed by atoms with Gasteiger partial charge in [-0.15, -0.1) is 0 Å². The van der Waals surface area contributed by atoms with Gasteiger partial charge in [-0.2, -0.15) is 0 Å². The van der Waals surface area contributed by atoms with E-state index in [2.05, 4.69) is 5.48 Å². The van der Waals surface area contributed by atoms with Gasteiger partial charge in [-0.3, -0.25) is 10.3 Å². The minimum absolute atomic E-state index is 0.154. The highest BCUT2D eigenvalue weighted by Crippen LogP contribution is 2.28. The predicted octanol–water partition coefficient (Wildman–Crippen LogP) is 4.14. The molecule has 0 amide bonds. The standard InChI is InChI=1S/C15H12ClNO2/c16-15-10-14(19-17-15)11-6-8-13(9-7-11)18-12-4-2-1-3-5-12/h1-10,14,17H. The lowest BCUT2D eigenvalue weighted by molar-refractivity contribution is 0.0451. The van der Waals surface area contributed by atoms with Crippen molar-refractivity contribution in [1.82, 2.24) is 5.48 Å². The summed E-state index contributed by atoms with van der Waals surface area (Å²) in [6.07, 6.45) is 1.66. The van der Waals surface area contributed by atoms with Crippen LogP contribution < -0.4 is 10.2 Å². The summed E-state index contributed by atoms with van der Waals surface area (Å²) in [6.45, 7) is 0. The van der Waals surface area contributed by atoms with E-state index in [1.807, 2.05) is 60.7 Å². The Hall–Kier alpha value is -1.97. The maximum absolute atomic E-state index is 5.80. The van der Waals surface area contributed by atoms with E-state index in [0.717, 1.165) is 17.1 Å². The Labute approximate surface area is 116 Å². The van der Waals surface area contributed by atoms with E-state index in [4.69, 9.17) is 21.2 Å². The molecule has 0 bridgehead atoms. The van der Waals surface area contributed by atoms with Crippen molar-refractivity contribution in [3.63, 3.8) is 0 Å². The van der Waals surface area contributed by atoms with E-state index in [1.165, 1.54) is 0 Å². The van der Waals surface area contributed by atoms with Crippen LogP contribution in [0.15, 0.2) is 65.8 Å². The van der Waals surface area contributed by atoms with Crippen molar-refractivity contribution in [2.45, 2.75) is 6.10 Å². The van der Waals surface area contributed by atoms with Crippen molar-refractivity contribution >= 4 is 11.6 Å². The molecule has 1 heterocycles. The number of halogens is 1. The SMILES string of the molecule is ClC1=CC(c2ccc(Oc3ccccc3)cc2)ON1. The van der Waals surface area contributed by atoms with E-state index >= 15 is 0 Å². The van der Waals surface area contributed by atoms with Crippen LogP contribution in [0.1, 0.15) is 11.7 Å². The number of para-hydroxylation sites is 1. The Bertz CT molecular complexity index is 581. The normalized spacial score (nSPS) is 17.7. The lowest BCUT2D eigenvalue weighted by Crippen LogP contribution is -2.05.